The van der Waals surface area contributed by atoms with Crippen molar-refractivity contribution in [2.24, 2.45) is 0 Å². The lowest BCUT2D eigenvalue weighted by atomic mass is 10.1. The normalized spacial score (nSPS) is 11.1. The van der Waals surface area contributed by atoms with Crippen molar-refractivity contribution in [1.29, 1.82) is 0 Å². The van der Waals surface area contributed by atoms with E-state index < -0.39 is 6.09 Å². The number of halogens is 1. The molecule has 0 aliphatic rings. The van der Waals surface area contributed by atoms with E-state index in [1.54, 1.807) is 18.2 Å². The van der Waals surface area contributed by atoms with Gasteiger partial charge in [-0.2, -0.15) is 0 Å². The van der Waals surface area contributed by atoms with Crippen LogP contribution in [-0.4, -0.2) is 16.7 Å². The van der Waals surface area contributed by atoms with E-state index in [9.17, 15) is 4.79 Å². The highest BCUT2D eigenvalue weighted by atomic mass is 79.9. The number of aliphatic hydroxyl groups is 1. The summed E-state index contributed by atoms with van der Waals surface area (Å²) in [4.78, 5) is 11.5. The van der Waals surface area contributed by atoms with Crippen molar-refractivity contribution in [1.82, 2.24) is 5.32 Å². The summed E-state index contributed by atoms with van der Waals surface area (Å²) in [6.07, 6.45) is -0.499. The maximum absolute atomic E-state index is 11.5. The Bertz CT molecular complexity index is 413. The summed E-state index contributed by atoms with van der Waals surface area (Å²) in [6.45, 7) is 5.56. The third-order valence-corrected chi connectivity index (χ3v) is 2.62. The van der Waals surface area contributed by atoms with Gasteiger partial charge >= 0.3 is 6.09 Å². The SMILES string of the molecule is CC(C)(C)NC(=O)Oc1ccc(CO)c(Br)c1. The van der Waals surface area contributed by atoms with Crippen molar-refractivity contribution in [2.75, 3.05) is 0 Å². The van der Waals surface area contributed by atoms with Crippen LogP contribution in [0.15, 0.2) is 22.7 Å². The first-order valence-electron chi connectivity index (χ1n) is 5.21. The molecule has 0 unspecified atom stereocenters. The van der Waals surface area contributed by atoms with Crippen molar-refractivity contribution in [3.63, 3.8) is 0 Å². The summed E-state index contributed by atoms with van der Waals surface area (Å²) in [6, 6.07) is 4.98. The molecule has 1 aromatic rings. The topological polar surface area (TPSA) is 58.6 Å². The van der Waals surface area contributed by atoms with Gasteiger partial charge in [0.15, 0.2) is 0 Å². The van der Waals surface area contributed by atoms with E-state index >= 15 is 0 Å². The largest absolute Gasteiger partial charge is 0.413 e. The second-order valence-electron chi connectivity index (χ2n) is 4.68. The quantitative estimate of drug-likeness (QED) is 0.883. The van der Waals surface area contributed by atoms with Gasteiger partial charge < -0.3 is 15.2 Å². The Morgan fingerprint density at radius 1 is 1.47 bits per heavy atom. The Hall–Kier alpha value is -1.07. The highest BCUT2D eigenvalue weighted by Crippen LogP contribution is 2.23. The van der Waals surface area contributed by atoms with E-state index in [1.165, 1.54) is 0 Å². The second-order valence-corrected chi connectivity index (χ2v) is 5.53. The van der Waals surface area contributed by atoms with Gasteiger partial charge in [0.05, 0.1) is 6.61 Å². The standard InChI is InChI=1S/C12H16BrNO3/c1-12(2,3)14-11(16)17-9-5-4-8(7-15)10(13)6-9/h4-6,15H,7H2,1-3H3,(H,14,16). The van der Waals surface area contributed by atoms with Gasteiger partial charge in [-0.25, -0.2) is 4.79 Å². The minimum atomic E-state index is -0.499. The number of nitrogens with one attached hydrogen (secondary N) is 1. The molecular weight excluding hydrogens is 286 g/mol. The minimum Gasteiger partial charge on any atom is -0.410 e. The molecular formula is C12H16BrNO3. The van der Waals surface area contributed by atoms with E-state index in [0.29, 0.717) is 10.2 Å². The van der Waals surface area contributed by atoms with Gasteiger partial charge in [-0.15, -0.1) is 0 Å². The molecule has 0 radical (unpaired) electrons. The van der Waals surface area contributed by atoms with Crippen LogP contribution in [0.1, 0.15) is 26.3 Å². The van der Waals surface area contributed by atoms with Crippen LogP contribution in [0, 0.1) is 0 Å². The zero-order valence-electron chi connectivity index (χ0n) is 10.1. The summed E-state index contributed by atoms with van der Waals surface area (Å²) in [5.41, 5.74) is 0.410. The lowest BCUT2D eigenvalue weighted by Gasteiger charge is -2.19. The molecule has 1 rings (SSSR count). The zero-order chi connectivity index (χ0) is 13.1. The van der Waals surface area contributed by atoms with Gasteiger partial charge in [0.1, 0.15) is 5.75 Å². The number of ether oxygens (including phenoxy) is 1. The highest BCUT2D eigenvalue weighted by molar-refractivity contribution is 9.10. The van der Waals surface area contributed by atoms with Crippen LogP contribution in [0.4, 0.5) is 4.79 Å². The van der Waals surface area contributed by atoms with Crippen LogP contribution < -0.4 is 10.1 Å². The van der Waals surface area contributed by atoms with Crippen LogP contribution >= 0.6 is 15.9 Å². The van der Waals surface area contributed by atoms with Crippen molar-refractivity contribution in [3.8, 4) is 5.75 Å². The van der Waals surface area contributed by atoms with Crippen molar-refractivity contribution in [2.45, 2.75) is 32.9 Å². The molecule has 0 aromatic heterocycles. The fourth-order valence-corrected chi connectivity index (χ4v) is 1.64. The molecule has 0 spiro atoms. The molecule has 0 aliphatic carbocycles. The van der Waals surface area contributed by atoms with Crippen molar-refractivity contribution in [3.05, 3.63) is 28.2 Å². The van der Waals surface area contributed by atoms with Crippen LogP contribution in [0.5, 0.6) is 5.75 Å². The van der Waals surface area contributed by atoms with Crippen LogP contribution in [0.2, 0.25) is 0 Å². The predicted molar refractivity (Wildman–Crippen MR) is 69.0 cm³/mol. The lowest BCUT2D eigenvalue weighted by Crippen LogP contribution is -2.42. The number of amides is 1. The van der Waals surface area contributed by atoms with Crippen LogP contribution in [-0.2, 0) is 6.61 Å². The molecule has 0 heterocycles. The number of hydrogen-bond acceptors (Lipinski definition) is 3. The highest BCUT2D eigenvalue weighted by Gasteiger charge is 2.15. The van der Waals surface area contributed by atoms with E-state index in [-0.39, 0.29) is 12.1 Å². The third-order valence-electron chi connectivity index (χ3n) is 1.88. The zero-order valence-corrected chi connectivity index (χ0v) is 11.7. The number of carbonyl (C=O) groups is 1. The van der Waals surface area contributed by atoms with Crippen molar-refractivity contribution >= 4 is 22.0 Å². The number of benzene rings is 1. The van der Waals surface area contributed by atoms with Gasteiger partial charge in [-0.3, -0.25) is 0 Å². The molecule has 0 saturated carbocycles. The second kappa shape index (κ2) is 5.51. The summed E-state index contributed by atoms with van der Waals surface area (Å²) >= 11 is 3.29. The van der Waals surface area contributed by atoms with E-state index in [4.69, 9.17) is 9.84 Å². The molecule has 17 heavy (non-hydrogen) atoms. The molecule has 5 heteroatoms. The molecule has 0 saturated heterocycles. The smallest absolute Gasteiger partial charge is 0.410 e. The summed E-state index contributed by atoms with van der Waals surface area (Å²) in [5.74, 6) is 0.427. The first-order valence-corrected chi connectivity index (χ1v) is 6.00. The average molecular weight is 302 g/mol. The van der Waals surface area contributed by atoms with Gasteiger partial charge in [0.25, 0.3) is 0 Å². The Morgan fingerprint density at radius 2 is 2.12 bits per heavy atom. The molecule has 0 atom stereocenters. The third kappa shape index (κ3) is 4.75. The number of aliphatic hydroxyl groups excluding tert-OH is 1. The summed E-state index contributed by atoms with van der Waals surface area (Å²) < 4.78 is 5.82. The molecule has 0 aliphatic heterocycles. The maximum Gasteiger partial charge on any atom is 0.413 e. The van der Waals surface area contributed by atoms with E-state index in [0.717, 1.165) is 5.56 Å². The molecule has 0 fully saturated rings. The summed E-state index contributed by atoms with van der Waals surface area (Å²) in [7, 11) is 0. The monoisotopic (exact) mass is 301 g/mol. The Balaban J connectivity index is 2.69. The first-order chi connectivity index (χ1) is 7.81. The molecule has 1 amide bonds. The number of carbonyl (C=O) groups excluding carboxylic acids is 1. The van der Waals surface area contributed by atoms with Crippen LogP contribution in [0.3, 0.4) is 0 Å². The first kappa shape index (κ1) is 14.0. The Kier molecular flexibility index (Phi) is 4.54. The van der Waals surface area contributed by atoms with Gasteiger partial charge in [0.2, 0.25) is 0 Å². The molecule has 94 valence electrons. The van der Waals surface area contributed by atoms with Gasteiger partial charge in [-0.1, -0.05) is 22.0 Å². The summed E-state index contributed by atoms with van der Waals surface area (Å²) in [5, 5.41) is 11.7. The fraction of sp³-hybridized carbons (Fsp3) is 0.417. The molecule has 2 N–H and O–H groups in total. The predicted octanol–water partition coefficient (Wildman–Crippen LogP) is 2.83. The fourth-order valence-electron chi connectivity index (χ4n) is 1.16. The lowest BCUT2D eigenvalue weighted by molar-refractivity contribution is 0.190. The average Bonchev–Trinajstić information content (AvgIpc) is 2.14. The minimum absolute atomic E-state index is 0.0605. The maximum atomic E-state index is 11.5. The van der Waals surface area contributed by atoms with Crippen molar-refractivity contribution < 1.29 is 14.6 Å². The molecule has 1 aromatic carbocycles. The van der Waals surface area contributed by atoms with Crippen LogP contribution in [0.25, 0.3) is 0 Å². The number of hydrogen-bond donors (Lipinski definition) is 2. The number of rotatable bonds is 2. The van der Waals surface area contributed by atoms with E-state index in [2.05, 4.69) is 21.2 Å². The molecule has 0 bridgehead atoms. The molecule has 4 nitrogen and oxygen atoms in total. The van der Waals surface area contributed by atoms with Gasteiger partial charge in [-0.05, 0) is 38.5 Å². The van der Waals surface area contributed by atoms with Gasteiger partial charge in [0, 0.05) is 10.0 Å². The Labute approximate surface area is 109 Å². The Morgan fingerprint density at radius 3 is 2.59 bits per heavy atom. The van der Waals surface area contributed by atoms with E-state index in [1.807, 2.05) is 20.8 Å².